The van der Waals surface area contributed by atoms with Crippen molar-refractivity contribution in [1.82, 2.24) is 5.32 Å². The molecule has 0 radical (unpaired) electrons. The van der Waals surface area contributed by atoms with Crippen LogP contribution in [0.3, 0.4) is 0 Å². The number of carbonyl (C=O) groups excluding carboxylic acids is 1. The molecule has 0 aliphatic heterocycles. The summed E-state index contributed by atoms with van der Waals surface area (Å²) in [6, 6.07) is 6.24. The fourth-order valence-corrected chi connectivity index (χ4v) is 2.91. The van der Waals surface area contributed by atoms with Gasteiger partial charge in [0.15, 0.2) is 0 Å². The summed E-state index contributed by atoms with van der Waals surface area (Å²) in [6.07, 6.45) is -1.31. The van der Waals surface area contributed by atoms with Crippen LogP contribution in [0.5, 0.6) is 5.75 Å². The molecule has 10 nitrogen and oxygen atoms in total. The zero-order valence-electron chi connectivity index (χ0n) is 14.5. The largest absolute Gasteiger partial charge is 0.481 e. The Labute approximate surface area is 155 Å². The number of carbonyl (C=O) groups is 3. The van der Waals surface area contributed by atoms with Crippen LogP contribution in [0.4, 0.5) is 10.5 Å². The predicted octanol–water partition coefficient (Wildman–Crippen LogP) is -0.116. The lowest BCUT2D eigenvalue weighted by atomic mass is 10.1. The molecule has 5 N–H and O–H groups in total. The van der Waals surface area contributed by atoms with E-state index in [1.54, 1.807) is 17.0 Å². The molecule has 0 spiro atoms. The molecule has 1 aliphatic carbocycles. The molecule has 0 saturated heterocycles. The Bertz CT molecular complexity index is 687. The van der Waals surface area contributed by atoms with Crippen molar-refractivity contribution in [3.63, 3.8) is 0 Å². The van der Waals surface area contributed by atoms with Gasteiger partial charge in [-0.15, -0.1) is 0 Å². The Morgan fingerprint density at radius 1 is 1.11 bits per heavy atom. The van der Waals surface area contributed by atoms with Gasteiger partial charge in [-0.05, 0) is 30.7 Å². The molecular weight excluding hydrogens is 360 g/mol. The Kier molecular flexibility index (Phi) is 6.59. The van der Waals surface area contributed by atoms with Gasteiger partial charge in [-0.1, -0.05) is 0 Å². The fourth-order valence-electron chi connectivity index (χ4n) is 2.91. The van der Waals surface area contributed by atoms with Gasteiger partial charge in [0.05, 0.1) is 19.6 Å². The van der Waals surface area contributed by atoms with Crippen LogP contribution in [0.2, 0.25) is 0 Å². The summed E-state index contributed by atoms with van der Waals surface area (Å²) in [5.41, 5.74) is -0.911. The summed E-state index contributed by atoms with van der Waals surface area (Å²) >= 11 is 0. The Morgan fingerprint density at radius 2 is 1.70 bits per heavy atom. The molecule has 0 bridgehead atoms. The second kappa shape index (κ2) is 8.69. The van der Waals surface area contributed by atoms with Crippen LogP contribution in [0.15, 0.2) is 24.3 Å². The van der Waals surface area contributed by atoms with Crippen molar-refractivity contribution in [3.05, 3.63) is 24.3 Å². The number of hydrogen-bond acceptors (Lipinski definition) is 7. The lowest BCUT2D eigenvalue weighted by Crippen LogP contribution is -2.46. The van der Waals surface area contributed by atoms with E-state index in [-0.39, 0.29) is 31.8 Å². The van der Waals surface area contributed by atoms with Crippen molar-refractivity contribution in [3.8, 4) is 5.75 Å². The molecule has 1 unspecified atom stereocenters. The number of aliphatic carboxylic acids is 2. The standard InChI is InChI=1S/C17H22N2O8/c20-7-5-19(6-8-21)12-1-3-13(4-2-12)27-16(26)18-17(15(24)25)10-11(17)9-14(22)23/h1-4,11,20-21H,5-10H2,(H,18,26)(H,22,23)(H,24,25)/t11-,17?/m1/s1. The quantitative estimate of drug-likeness (QED) is 0.372. The average molecular weight is 382 g/mol. The van der Waals surface area contributed by atoms with Crippen LogP contribution in [0.25, 0.3) is 0 Å². The molecule has 27 heavy (non-hydrogen) atoms. The number of anilines is 1. The molecular formula is C17H22N2O8. The third kappa shape index (κ3) is 5.08. The first-order valence-electron chi connectivity index (χ1n) is 8.34. The van der Waals surface area contributed by atoms with Crippen LogP contribution in [0, 0.1) is 5.92 Å². The van der Waals surface area contributed by atoms with E-state index in [4.69, 9.17) is 20.1 Å². The minimum Gasteiger partial charge on any atom is -0.481 e. The zero-order chi connectivity index (χ0) is 20.0. The highest BCUT2D eigenvalue weighted by Gasteiger charge is 2.62. The van der Waals surface area contributed by atoms with Crippen LogP contribution in [-0.4, -0.2) is 70.3 Å². The number of amides is 1. The monoisotopic (exact) mass is 382 g/mol. The zero-order valence-corrected chi connectivity index (χ0v) is 14.5. The minimum atomic E-state index is -1.62. The maximum atomic E-state index is 12.0. The lowest BCUT2D eigenvalue weighted by Gasteiger charge is -2.23. The SMILES string of the molecule is O=C(O)C[C@@H]1CC1(NC(=O)Oc1ccc(N(CCO)CCO)cc1)C(=O)O. The highest BCUT2D eigenvalue weighted by atomic mass is 16.6. The van der Waals surface area contributed by atoms with Crippen molar-refractivity contribution in [2.45, 2.75) is 18.4 Å². The first kappa shape index (κ1) is 20.5. The van der Waals surface area contributed by atoms with Crippen LogP contribution < -0.4 is 15.0 Å². The van der Waals surface area contributed by atoms with E-state index in [9.17, 15) is 19.5 Å². The molecule has 2 rings (SSSR count). The van der Waals surface area contributed by atoms with Crippen molar-refractivity contribution >= 4 is 23.7 Å². The van der Waals surface area contributed by atoms with Gasteiger partial charge in [-0.25, -0.2) is 9.59 Å². The van der Waals surface area contributed by atoms with E-state index in [1.807, 2.05) is 0 Å². The van der Waals surface area contributed by atoms with Gasteiger partial charge < -0.3 is 35.4 Å². The van der Waals surface area contributed by atoms with Crippen LogP contribution in [0.1, 0.15) is 12.8 Å². The Hall–Kier alpha value is -2.85. The number of rotatable bonds is 10. The molecule has 0 heterocycles. The third-order valence-corrected chi connectivity index (χ3v) is 4.39. The smallest absolute Gasteiger partial charge is 0.413 e. The molecule has 2 atom stereocenters. The topological polar surface area (TPSA) is 157 Å². The summed E-state index contributed by atoms with van der Waals surface area (Å²) in [5, 5.41) is 38.4. The Morgan fingerprint density at radius 3 is 2.19 bits per heavy atom. The van der Waals surface area contributed by atoms with E-state index in [0.717, 1.165) is 0 Å². The van der Waals surface area contributed by atoms with Gasteiger partial charge in [-0.3, -0.25) is 4.79 Å². The summed E-state index contributed by atoms with van der Waals surface area (Å²) in [7, 11) is 0. The van der Waals surface area contributed by atoms with E-state index in [1.165, 1.54) is 12.1 Å². The number of nitrogens with zero attached hydrogens (tertiary/aromatic N) is 1. The van der Waals surface area contributed by atoms with Crippen molar-refractivity contribution < 1.29 is 39.5 Å². The van der Waals surface area contributed by atoms with Crippen molar-refractivity contribution in [2.75, 3.05) is 31.2 Å². The fraction of sp³-hybridized carbons (Fsp3) is 0.471. The highest BCUT2D eigenvalue weighted by Crippen LogP contribution is 2.46. The molecule has 1 saturated carbocycles. The van der Waals surface area contributed by atoms with E-state index >= 15 is 0 Å². The number of benzene rings is 1. The second-order valence-corrected chi connectivity index (χ2v) is 6.22. The Balaban J connectivity index is 1.97. The van der Waals surface area contributed by atoms with Gasteiger partial charge >= 0.3 is 18.0 Å². The normalized spacial score (nSPS) is 20.6. The number of aliphatic hydroxyl groups excluding tert-OH is 2. The molecule has 1 aromatic rings. The van der Waals surface area contributed by atoms with Gasteiger partial charge in [-0.2, -0.15) is 0 Å². The van der Waals surface area contributed by atoms with Crippen LogP contribution in [-0.2, 0) is 9.59 Å². The number of nitrogens with one attached hydrogen (secondary N) is 1. The molecule has 10 heteroatoms. The first-order valence-corrected chi connectivity index (χ1v) is 8.34. The maximum Gasteiger partial charge on any atom is 0.413 e. The number of ether oxygens (including phenoxy) is 1. The molecule has 1 fully saturated rings. The summed E-state index contributed by atoms with van der Waals surface area (Å²) in [6.45, 7) is 0.478. The predicted molar refractivity (Wildman–Crippen MR) is 92.7 cm³/mol. The number of aliphatic hydroxyl groups is 2. The van der Waals surface area contributed by atoms with Gasteiger partial charge in [0, 0.05) is 24.7 Å². The molecule has 1 aliphatic rings. The second-order valence-electron chi connectivity index (χ2n) is 6.22. The third-order valence-electron chi connectivity index (χ3n) is 4.39. The highest BCUT2D eigenvalue weighted by molar-refractivity contribution is 5.89. The van der Waals surface area contributed by atoms with Gasteiger partial charge in [0.1, 0.15) is 11.3 Å². The lowest BCUT2D eigenvalue weighted by molar-refractivity contribution is -0.141. The average Bonchev–Trinajstić information content (AvgIpc) is 3.28. The van der Waals surface area contributed by atoms with E-state index in [0.29, 0.717) is 18.8 Å². The minimum absolute atomic E-state index is 0.0277. The molecule has 1 amide bonds. The molecule has 0 aromatic heterocycles. The summed E-state index contributed by atoms with van der Waals surface area (Å²) in [4.78, 5) is 35.9. The molecule has 148 valence electrons. The maximum absolute atomic E-state index is 12.0. The van der Waals surface area contributed by atoms with E-state index in [2.05, 4.69) is 5.32 Å². The van der Waals surface area contributed by atoms with Crippen molar-refractivity contribution in [1.29, 1.82) is 0 Å². The molecule has 1 aromatic carbocycles. The number of carboxylic acid groups (broad SMARTS) is 2. The summed E-state index contributed by atoms with van der Waals surface area (Å²) < 4.78 is 5.07. The van der Waals surface area contributed by atoms with E-state index < -0.39 is 29.5 Å². The van der Waals surface area contributed by atoms with Gasteiger partial charge in [0.2, 0.25) is 0 Å². The first-order chi connectivity index (χ1) is 12.8. The van der Waals surface area contributed by atoms with Crippen molar-refractivity contribution in [2.24, 2.45) is 5.92 Å². The van der Waals surface area contributed by atoms with Crippen LogP contribution >= 0.6 is 0 Å². The number of hydrogen-bond donors (Lipinski definition) is 5. The summed E-state index contributed by atoms with van der Waals surface area (Å²) in [5.74, 6) is -2.96. The number of carboxylic acids is 2. The van der Waals surface area contributed by atoms with Gasteiger partial charge in [0.25, 0.3) is 0 Å².